The van der Waals surface area contributed by atoms with Gasteiger partial charge < -0.3 is 30.7 Å². The fraction of sp³-hybridized carbons (Fsp3) is 0.516. The lowest BCUT2D eigenvalue weighted by atomic mass is 10.1. The van der Waals surface area contributed by atoms with Gasteiger partial charge in [-0.1, -0.05) is 75.4 Å². The Labute approximate surface area is 238 Å². The Kier molecular flexibility index (Phi) is 14.8. The molecule has 2 aromatic rings. The number of carbonyl (C=O) groups is 3. The van der Waals surface area contributed by atoms with Crippen LogP contribution in [0.5, 0.6) is 0 Å². The largest absolute Gasteiger partial charge is 0.445 e. The molecule has 0 spiro atoms. The predicted octanol–water partition coefficient (Wildman–Crippen LogP) is 3.62. The van der Waals surface area contributed by atoms with Crippen molar-refractivity contribution in [3.05, 3.63) is 71.3 Å². The Morgan fingerprint density at radius 3 is 2.20 bits per heavy atom. The number of nitrogens with one attached hydrogen (secondary N) is 1. The highest BCUT2D eigenvalue weighted by molar-refractivity contribution is 5.86. The lowest BCUT2D eigenvalue weighted by Gasteiger charge is -2.30. The second-order valence-corrected chi connectivity index (χ2v) is 9.96. The minimum Gasteiger partial charge on any atom is -0.445 e. The number of carbonyl (C=O) groups excluding carboxylic acids is 3. The SMILES string of the molecule is CCCN(CCC)C(=O)CC[C@@H](NC(=O)OCc1ccccc1)C(=O)N(Cc1cccc(CC)c1)C[C@@H](O)CN. The van der Waals surface area contributed by atoms with Gasteiger partial charge in [-0.25, -0.2) is 4.79 Å². The van der Waals surface area contributed by atoms with Crippen LogP contribution in [-0.2, 0) is 33.9 Å². The van der Waals surface area contributed by atoms with Crippen molar-refractivity contribution < 1.29 is 24.2 Å². The van der Waals surface area contributed by atoms with E-state index in [4.69, 9.17) is 10.5 Å². The first-order valence-electron chi connectivity index (χ1n) is 14.3. The number of nitrogens with two attached hydrogens (primary N) is 1. The van der Waals surface area contributed by atoms with Crippen molar-refractivity contribution in [3.63, 3.8) is 0 Å². The number of benzene rings is 2. The van der Waals surface area contributed by atoms with E-state index in [1.807, 2.05) is 68.4 Å². The van der Waals surface area contributed by atoms with Crippen LogP contribution in [0.2, 0.25) is 0 Å². The van der Waals surface area contributed by atoms with Crippen LogP contribution in [0.4, 0.5) is 4.79 Å². The highest BCUT2D eigenvalue weighted by atomic mass is 16.5. The zero-order valence-corrected chi connectivity index (χ0v) is 24.2. The molecule has 0 saturated carbocycles. The molecule has 2 rings (SSSR count). The summed E-state index contributed by atoms with van der Waals surface area (Å²) in [5.74, 6) is -0.471. The number of hydrogen-bond acceptors (Lipinski definition) is 6. The molecule has 3 amide bonds. The fourth-order valence-electron chi connectivity index (χ4n) is 4.44. The number of amides is 3. The molecule has 0 heterocycles. The smallest absolute Gasteiger partial charge is 0.408 e. The van der Waals surface area contributed by atoms with Crippen molar-refractivity contribution in [3.8, 4) is 0 Å². The normalized spacial score (nSPS) is 12.3. The van der Waals surface area contributed by atoms with Gasteiger partial charge in [-0.3, -0.25) is 9.59 Å². The van der Waals surface area contributed by atoms with Crippen molar-refractivity contribution in [1.82, 2.24) is 15.1 Å². The van der Waals surface area contributed by atoms with E-state index in [2.05, 4.69) is 12.2 Å². The molecule has 0 bridgehead atoms. The maximum Gasteiger partial charge on any atom is 0.408 e. The first kappa shape index (κ1) is 32.8. The summed E-state index contributed by atoms with van der Waals surface area (Å²) >= 11 is 0. The lowest BCUT2D eigenvalue weighted by Crippen LogP contribution is -2.51. The van der Waals surface area contributed by atoms with E-state index in [1.54, 1.807) is 4.90 Å². The van der Waals surface area contributed by atoms with Crippen LogP contribution in [0.15, 0.2) is 54.6 Å². The summed E-state index contributed by atoms with van der Waals surface area (Å²) in [6.07, 6.45) is 1.02. The predicted molar refractivity (Wildman–Crippen MR) is 156 cm³/mol. The van der Waals surface area contributed by atoms with Gasteiger partial charge in [0, 0.05) is 39.1 Å². The molecule has 0 radical (unpaired) electrons. The molecule has 0 aliphatic heterocycles. The van der Waals surface area contributed by atoms with Gasteiger partial charge in [0.05, 0.1) is 6.10 Å². The molecule has 9 heteroatoms. The van der Waals surface area contributed by atoms with E-state index in [1.165, 1.54) is 4.90 Å². The van der Waals surface area contributed by atoms with Crippen molar-refractivity contribution in [2.24, 2.45) is 5.73 Å². The molecule has 2 atom stereocenters. The van der Waals surface area contributed by atoms with Gasteiger partial charge in [0.25, 0.3) is 0 Å². The summed E-state index contributed by atoms with van der Waals surface area (Å²) in [6.45, 7) is 7.62. The average Bonchev–Trinajstić information content (AvgIpc) is 2.97. The van der Waals surface area contributed by atoms with Crippen LogP contribution in [-0.4, -0.2) is 71.1 Å². The van der Waals surface area contributed by atoms with Crippen LogP contribution in [0, 0.1) is 0 Å². The van der Waals surface area contributed by atoms with Crippen LogP contribution in [0.25, 0.3) is 0 Å². The Bertz CT molecular complexity index is 1040. The van der Waals surface area contributed by atoms with Crippen LogP contribution in [0.3, 0.4) is 0 Å². The van der Waals surface area contributed by atoms with Gasteiger partial charge in [0.1, 0.15) is 12.6 Å². The third kappa shape index (κ3) is 11.4. The monoisotopic (exact) mass is 554 g/mol. The van der Waals surface area contributed by atoms with Crippen molar-refractivity contribution in [2.45, 2.75) is 78.2 Å². The van der Waals surface area contributed by atoms with E-state index in [-0.39, 0.29) is 45.0 Å². The molecule has 0 aromatic heterocycles. The van der Waals surface area contributed by atoms with Crippen molar-refractivity contribution in [1.29, 1.82) is 0 Å². The molecular weight excluding hydrogens is 508 g/mol. The quantitative estimate of drug-likeness (QED) is 0.274. The molecular formula is C31H46N4O5. The second-order valence-electron chi connectivity index (χ2n) is 9.96. The third-order valence-corrected chi connectivity index (χ3v) is 6.58. The number of aryl methyl sites for hydroxylation is 1. The Hall–Kier alpha value is -3.43. The number of nitrogens with zero attached hydrogens (tertiary/aromatic N) is 2. The van der Waals surface area contributed by atoms with Crippen molar-refractivity contribution >= 4 is 17.9 Å². The molecule has 0 unspecified atom stereocenters. The van der Waals surface area contributed by atoms with Gasteiger partial charge in [-0.2, -0.15) is 0 Å². The highest BCUT2D eigenvalue weighted by Crippen LogP contribution is 2.14. The molecule has 220 valence electrons. The number of aliphatic hydroxyl groups is 1. The van der Waals surface area contributed by atoms with Gasteiger partial charge in [-0.05, 0) is 42.4 Å². The van der Waals surface area contributed by atoms with Crippen LogP contribution >= 0.6 is 0 Å². The first-order chi connectivity index (χ1) is 19.3. The Morgan fingerprint density at radius 1 is 0.925 bits per heavy atom. The first-order valence-corrected chi connectivity index (χ1v) is 14.3. The summed E-state index contributed by atoms with van der Waals surface area (Å²) in [4.78, 5) is 43.0. The summed E-state index contributed by atoms with van der Waals surface area (Å²) in [7, 11) is 0. The number of aliphatic hydroxyl groups excluding tert-OH is 1. The summed E-state index contributed by atoms with van der Waals surface area (Å²) in [5.41, 5.74) is 8.51. The van der Waals surface area contributed by atoms with Gasteiger partial charge >= 0.3 is 6.09 Å². The summed E-state index contributed by atoms with van der Waals surface area (Å²) in [6, 6.07) is 16.1. The topological polar surface area (TPSA) is 125 Å². The molecule has 4 N–H and O–H groups in total. The van der Waals surface area contributed by atoms with E-state index in [9.17, 15) is 19.5 Å². The van der Waals surface area contributed by atoms with Gasteiger partial charge in [0.2, 0.25) is 11.8 Å². The standard InChI is InChI=1S/C31H46N4O5/c1-4-17-34(18-5-2)29(37)16-15-28(33-31(39)40-23-25-11-8-7-9-12-25)30(38)35(22-27(36)20-32)21-26-14-10-13-24(6-3)19-26/h7-14,19,27-28,36H,4-6,15-18,20-23,32H2,1-3H3,(H,33,39)/t27-,28+/m0/s1. The van der Waals surface area contributed by atoms with Crippen LogP contribution < -0.4 is 11.1 Å². The number of ether oxygens (including phenoxy) is 1. The molecule has 9 nitrogen and oxygen atoms in total. The van der Waals surface area contributed by atoms with E-state index < -0.39 is 24.1 Å². The number of rotatable bonds is 17. The van der Waals surface area contributed by atoms with Crippen LogP contribution in [0.1, 0.15) is 63.1 Å². The third-order valence-electron chi connectivity index (χ3n) is 6.58. The summed E-state index contributed by atoms with van der Waals surface area (Å²) < 4.78 is 5.39. The molecule has 0 fully saturated rings. The van der Waals surface area contributed by atoms with Crippen molar-refractivity contribution in [2.75, 3.05) is 26.2 Å². The van der Waals surface area contributed by atoms with Gasteiger partial charge in [-0.15, -0.1) is 0 Å². The summed E-state index contributed by atoms with van der Waals surface area (Å²) in [5, 5.41) is 13.0. The maximum atomic E-state index is 13.9. The van der Waals surface area contributed by atoms with Gasteiger partial charge in [0.15, 0.2) is 0 Å². The minimum absolute atomic E-state index is 0.00529. The molecule has 0 saturated heterocycles. The molecule has 2 aromatic carbocycles. The maximum absolute atomic E-state index is 13.9. The number of alkyl carbamates (subject to hydrolysis) is 1. The highest BCUT2D eigenvalue weighted by Gasteiger charge is 2.29. The van der Waals surface area contributed by atoms with E-state index in [0.29, 0.717) is 13.1 Å². The fourth-order valence-corrected chi connectivity index (χ4v) is 4.44. The zero-order chi connectivity index (χ0) is 29.3. The van der Waals surface area contributed by atoms with E-state index >= 15 is 0 Å². The Balaban J connectivity index is 2.24. The molecule has 0 aliphatic rings. The number of hydrogen-bond donors (Lipinski definition) is 3. The molecule has 40 heavy (non-hydrogen) atoms. The molecule has 0 aliphatic carbocycles. The lowest BCUT2D eigenvalue weighted by molar-refractivity contribution is -0.136. The Morgan fingerprint density at radius 2 is 1.57 bits per heavy atom. The zero-order valence-electron chi connectivity index (χ0n) is 24.2. The average molecular weight is 555 g/mol. The van der Waals surface area contributed by atoms with E-state index in [0.717, 1.165) is 36.0 Å². The second kappa shape index (κ2) is 18.0. The minimum atomic E-state index is -1.02.